The van der Waals surface area contributed by atoms with Crippen LogP contribution in [0.4, 0.5) is 0 Å². The Morgan fingerprint density at radius 1 is 1.32 bits per heavy atom. The molecule has 0 spiro atoms. The third kappa shape index (κ3) is 3.86. The average Bonchev–Trinajstić information content (AvgIpc) is 2.46. The summed E-state index contributed by atoms with van der Waals surface area (Å²) < 4.78 is 1.60. The summed E-state index contributed by atoms with van der Waals surface area (Å²) in [6, 6.07) is 9.00. The molecule has 0 saturated carbocycles. The summed E-state index contributed by atoms with van der Waals surface area (Å²) in [4.78, 5) is 15.9. The van der Waals surface area contributed by atoms with E-state index in [1.165, 1.54) is 0 Å². The normalized spacial score (nSPS) is 10.2. The third-order valence-corrected chi connectivity index (χ3v) is 2.61. The van der Waals surface area contributed by atoms with Crippen LogP contribution in [0.2, 0.25) is 0 Å². The fraction of sp³-hybridized carbons (Fsp3) is 0.214. The van der Waals surface area contributed by atoms with E-state index in [1.54, 1.807) is 35.3 Å². The number of amides is 1. The molecule has 0 aliphatic heterocycles. The molecule has 2 heterocycles. The molecule has 2 N–H and O–H groups in total. The van der Waals surface area contributed by atoms with E-state index in [-0.39, 0.29) is 12.5 Å². The summed E-state index contributed by atoms with van der Waals surface area (Å²) >= 11 is 0. The van der Waals surface area contributed by atoms with Gasteiger partial charge >= 0.3 is 5.91 Å². The fourth-order valence-corrected chi connectivity index (χ4v) is 1.70. The topological polar surface area (TPSA) is 66.1 Å². The van der Waals surface area contributed by atoms with Crippen molar-refractivity contribution in [1.29, 1.82) is 0 Å². The molecule has 5 heteroatoms. The van der Waals surface area contributed by atoms with Crippen molar-refractivity contribution in [2.24, 2.45) is 0 Å². The van der Waals surface area contributed by atoms with Crippen LogP contribution >= 0.6 is 0 Å². The molecule has 2 aromatic heterocycles. The lowest BCUT2D eigenvalue weighted by Gasteiger charge is -2.01. The van der Waals surface area contributed by atoms with Gasteiger partial charge < -0.3 is 5.11 Å². The maximum atomic E-state index is 11.9. The highest BCUT2D eigenvalue weighted by Crippen LogP contribution is 1.98. The van der Waals surface area contributed by atoms with Crippen molar-refractivity contribution in [1.82, 2.24) is 4.98 Å². The van der Waals surface area contributed by atoms with Gasteiger partial charge in [-0.2, -0.15) is 0 Å². The number of aryl methyl sites for hydroxylation is 1. The second-order valence-corrected chi connectivity index (χ2v) is 4.10. The Balaban J connectivity index is 2.05. The first-order chi connectivity index (χ1) is 9.29. The van der Waals surface area contributed by atoms with Crippen LogP contribution in [0, 0.1) is 0 Å². The molecular weight excluding hydrogens is 242 g/mol. The molecule has 0 aliphatic carbocycles. The third-order valence-electron chi connectivity index (χ3n) is 2.61. The molecule has 1 amide bonds. The lowest BCUT2D eigenvalue weighted by Crippen LogP contribution is -2.48. The fourth-order valence-electron chi connectivity index (χ4n) is 1.70. The van der Waals surface area contributed by atoms with E-state index < -0.39 is 0 Å². The quantitative estimate of drug-likeness (QED) is 0.775. The van der Waals surface area contributed by atoms with E-state index >= 15 is 0 Å². The van der Waals surface area contributed by atoms with Gasteiger partial charge in [-0.15, -0.1) is 5.43 Å². The molecule has 0 radical (unpaired) electrons. The molecule has 2 rings (SSSR count). The van der Waals surface area contributed by atoms with Crippen LogP contribution in [0.25, 0.3) is 0 Å². The number of hydrogen-bond acceptors (Lipinski definition) is 3. The smallest absolute Gasteiger partial charge is 0.323 e. The van der Waals surface area contributed by atoms with Crippen LogP contribution in [-0.2, 0) is 6.42 Å². The minimum absolute atomic E-state index is 0.162. The van der Waals surface area contributed by atoms with E-state index in [9.17, 15) is 4.79 Å². The van der Waals surface area contributed by atoms with Crippen LogP contribution in [0.3, 0.4) is 0 Å². The van der Waals surface area contributed by atoms with Crippen molar-refractivity contribution in [3.8, 4) is 0 Å². The Bertz CT molecular complexity index is 543. The maximum Gasteiger partial charge on any atom is 0.323 e. The molecule has 2 aromatic rings. The van der Waals surface area contributed by atoms with Gasteiger partial charge in [0.05, 0.1) is 0 Å². The van der Waals surface area contributed by atoms with Gasteiger partial charge in [-0.1, -0.05) is 10.7 Å². The molecular formula is C14H16N3O2+. The van der Waals surface area contributed by atoms with Gasteiger partial charge in [0.25, 0.3) is 0 Å². The molecule has 0 fully saturated rings. The van der Waals surface area contributed by atoms with Gasteiger partial charge in [-0.05, 0) is 31.0 Å². The number of aliphatic hydroxyl groups is 1. The Labute approximate surface area is 111 Å². The van der Waals surface area contributed by atoms with Crippen LogP contribution in [0.1, 0.15) is 22.5 Å². The Morgan fingerprint density at radius 3 is 2.95 bits per heavy atom. The lowest BCUT2D eigenvalue weighted by molar-refractivity contribution is -0.641. The Kier molecular flexibility index (Phi) is 4.58. The van der Waals surface area contributed by atoms with Crippen molar-refractivity contribution in [2.45, 2.75) is 12.8 Å². The first-order valence-electron chi connectivity index (χ1n) is 6.13. The van der Waals surface area contributed by atoms with Crippen molar-refractivity contribution >= 4 is 5.91 Å². The zero-order valence-corrected chi connectivity index (χ0v) is 10.5. The minimum atomic E-state index is -0.259. The van der Waals surface area contributed by atoms with E-state index in [0.717, 1.165) is 12.0 Å². The minimum Gasteiger partial charge on any atom is -0.396 e. The zero-order chi connectivity index (χ0) is 13.5. The number of carbonyl (C=O) groups excluding carboxylic acids is 1. The van der Waals surface area contributed by atoms with E-state index in [0.29, 0.717) is 12.1 Å². The van der Waals surface area contributed by atoms with Crippen LogP contribution in [0.5, 0.6) is 0 Å². The van der Waals surface area contributed by atoms with Gasteiger partial charge in [0.15, 0.2) is 6.20 Å². The SMILES string of the molecule is O=C(N[n+]1cccc(CCCO)c1)c1ccccn1. The van der Waals surface area contributed by atoms with Crippen molar-refractivity contribution in [3.63, 3.8) is 0 Å². The van der Waals surface area contributed by atoms with Crippen LogP contribution in [0.15, 0.2) is 48.9 Å². The molecule has 5 nitrogen and oxygen atoms in total. The molecule has 0 aliphatic rings. The lowest BCUT2D eigenvalue weighted by atomic mass is 10.2. The van der Waals surface area contributed by atoms with Gasteiger partial charge in [0.2, 0.25) is 6.20 Å². The predicted octanol–water partition coefficient (Wildman–Crippen LogP) is 0.678. The summed E-state index contributed by atoms with van der Waals surface area (Å²) in [5.74, 6) is -0.259. The number of carbonyl (C=O) groups is 1. The summed E-state index contributed by atoms with van der Waals surface area (Å²) in [6.45, 7) is 0.162. The van der Waals surface area contributed by atoms with Crippen molar-refractivity contribution < 1.29 is 14.6 Å². The van der Waals surface area contributed by atoms with E-state index in [2.05, 4.69) is 10.4 Å². The highest BCUT2D eigenvalue weighted by atomic mass is 16.2. The first kappa shape index (κ1) is 13.2. The molecule has 98 valence electrons. The molecule has 19 heavy (non-hydrogen) atoms. The zero-order valence-electron chi connectivity index (χ0n) is 10.5. The van der Waals surface area contributed by atoms with Crippen LogP contribution < -0.4 is 10.1 Å². The highest BCUT2D eigenvalue weighted by molar-refractivity contribution is 5.96. The number of hydrogen-bond donors (Lipinski definition) is 2. The number of rotatable bonds is 5. The second-order valence-electron chi connectivity index (χ2n) is 4.10. The predicted molar refractivity (Wildman–Crippen MR) is 70.0 cm³/mol. The summed E-state index contributed by atoms with van der Waals surface area (Å²) in [5.41, 5.74) is 4.15. The van der Waals surface area contributed by atoms with Gasteiger partial charge in [-0.25, -0.2) is 0 Å². The van der Waals surface area contributed by atoms with E-state index in [4.69, 9.17) is 5.11 Å². The molecule has 0 unspecified atom stereocenters. The number of aliphatic hydroxyl groups excluding tert-OH is 1. The largest absolute Gasteiger partial charge is 0.396 e. The number of nitrogens with one attached hydrogen (secondary N) is 1. The number of nitrogens with zero attached hydrogens (tertiary/aromatic N) is 2. The molecule has 0 bridgehead atoms. The Morgan fingerprint density at radius 2 is 2.21 bits per heavy atom. The molecule has 0 atom stereocenters. The van der Waals surface area contributed by atoms with Gasteiger partial charge in [0.1, 0.15) is 5.69 Å². The summed E-state index contributed by atoms with van der Waals surface area (Å²) in [7, 11) is 0. The standard InChI is InChI=1S/C14H15N3O2/c18-10-4-6-12-5-3-9-17(11-12)16-14(19)13-7-1-2-8-15-13/h1-3,5,7-9,11,18H,4,6,10H2/p+1. The summed E-state index contributed by atoms with van der Waals surface area (Å²) in [6.07, 6.45) is 6.64. The van der Waals surface area contributed by atoms with E-state index in [1.807, 2.05) is 18.3 Å². The monoisotopic (exact) mass is 258 g/mol. The van der Waals surface area contributed by atoms with Crippen LogP contribution in [-0.4, -0.2) is 22.6 Å². The first-order valence-corrected chi connectivity index (χ1v) is 6.13. The molecule has 0 aromatic carbocycles. The van der Waals surface area contributed by atoms with Crippen molar-refractivity contribution in [2.75, 3.05) is 12.0 Å². The summed E-state index contributed by atoms with van der Waals surface area (Å²) in [5, 5.41) is 8.81. The Hall–Kier alpha value is -2.27. The second kappa shape index (κ2) is 6.61. The van der Waals surface area contributed by atoms with Gasteiger partial charge in [-0.3, -0.25) is 9.78 Å². The average molecular weight is 258 g/mol. The van der Waals surface area contributed by atoms with Gasteiger partial charge in [0, 0.05) is 24.4 Å². The highest BCUT2D eigenvalue weighted by Gasteiger charge is 2.11. The maximum absolute atomic E-state index is 11.9. The number of aromatic nitrogens is 2. The van der Waals surface area contributed by atoms with Crippen molar-refractivity contribution in [3.05, 3.63) is 60.2 Å². The molecule has 0 saturated heterocycles. The number of pyridine rings is 2.